The number of hydrogen-bond acceptors (Lipinski definition) is 5. The topological polar surface area (TPSA) is 76.2 Å². The SMILES string of the molecule is CCOC(=O)Oc1ccc(C(=O)N2CCCN(C(=O)Cc3cccc(C)c3)CC2)cc1. The predicted molar refractivity (Wildman–Crippen MR) is 116 cm³/mol. The highest BCUT2D eigenvalue weighted by atomic mass is 16.7. The maximum atomic E-state index is 12.9. The number of nitrogens with zero attached hydrogens (tertiary/aromatic N) is 2. The number of ether oxygens (including phenoxy) is 2. The number of carbonyl (C=O) groups is 3. The summed E-state index contributed by atoms with van der Waals surface area (Å²) in [5, 5.41) is 0. The molecule has 31 heavy (non-hydrogen) atoms. The molecule has 1 heterocycles. The lowest BCUT2D eigenvalue weighted by Gasteiger charge is -2.22. The first-order valence-electron chi connectivity index (χ1n) is 10.5. The van der Waals surface area contributed by atoms with E-state index in [1.807, 2.05) is 36.1 Å². The first-order valence-corrected chi connectivity index (χ1v) is 10.5. The van der Waals surface area contributed by atoms with Crippen LogP contribution < -0.4 is 4.74 Å². The summed E-state index contributed by atoms with van der Waals surface area (Å²) in [7, 11) is 0. The van der Waals surface area contributed by atoms with Gasteiger partial charge < -0.3 is 19.3 Å². The van der Waals surface area contributed by atoms with Gasteiger partial charge in [-0.25, -0.2) is 4.79 Å². The molecule has 0 N–H and O–H groups in total. The fourth-order valence-electron chi connectivity index (χ4n) is 3.57. The molecule has 1 aliphatic rings. The zero-order valence-corrected chi connectivity index (χ0v) is 18.0. The Morgan fingerprint density at radius 1 is 0.935 bits per heavy atom. The van der Waals surface area contributed by atoms with E-state index in [-0.39, 0.29) is 18.4 Å². The van der Waals surface area contributed by atoms with E-state index in [0.29, 0.717) is 43.9 Å². The molecule has 0 spiro atoms. The molecule has 0 atom stereocenters. The summed E-state index contributed by atoms with van der Waals surface area (Å²) in [5.41, 5.74) is 2.65. The molecule has 7 nitrogen and oxygen atoms in total. The second kappa shape index (κ2) is 10.6. The van der Waals surface area contributed by atoms with Crippen LogP contribution in [-0.4, -0.2) is 60.6 Å². The van der Waals surface area contributed by atoms with Crippen LogP contribution in [0.25, 0.3) is 0 Å². The van der Waals surface area contributed by atoms with Crippen molar-refractivity contribution in [1.82, 2.24) is 9.80 Å². The molecule has 1 fully saturated rings. The number of amides is 2. The van der Waals surface area contributed by atoms with Gasteiger partial charge in [-0.05, 0) is 50.1 Å². The van der Waals surface area contributed by atoms with Gasteiger partial charge in [-0.2, -0.15) is 0 Å². The quantitative estimate of drug-likeness (QED) is 0.543. The van der Waals surface area contributed by atoms with Crippen LogP contribution in [-0.2, 0) is 16.0 Å². The number of aryl methyl sites for hydroxylation is 1. The third kappa shape index (κ3) is 6.31. The average molecular weight is 424 g/mol. The van der Waals surface area contributed by atoms with Crippen molar-refractivity contribution in [2.24, 2.45) is 0 Å². The Hall–Kier alpha value is -3.35. The van der Waals surface area contributed by atoms with Crippen LogP contribution in [0.3, 0.4) is 0 Å². The monoisotopic (exact) mass is 424 g/mol. The van der Waals surface area contributed by atoms with Crippen LogP contribution in [0.15, 0.2) is 48.5 Å². The van der Waals surface area contributed by atoms with Gasteiger partial charge in [-0.3, -0.25) is 9.59 Å². The van der Waals surface area contributed by atoms with E-state index in [4.69, 9.17) is 9.47 Å². The van der Waals surface area contributed by atoms with Crippen LogP contribution in [0.4, 0.5) is 4.79 Å². The Morgan fingerprint density at radius 2 is 1.65 bits per heavy atom. The lowest BCUT2D eigenvalue weighted by atomic mass is 10.1. The molecular formula is C24H28N2O5. The number of benzene rings is 2. The van der Waals surface area contributed by atoms with Crippen molar-refractivity contribution in [3.05, 3.63) is 65.2 Å². The van der Waals surface area contributed by atoms with E-state index in [2.05, 4.69) is 0 Å². The Kier molecular flexibility index (Phi) is 7.65. The van der Waals surface area contributed by atoms with Gasteiger partial charge in [0.25, 0.3) is 5.91 Å². The van der Waals surface area contributed by atoms with Gasteiger partial charge in [0.2, 0.25) is 5.91 Å². The Balaban J connectivity index is 1.55. The second-order valence-corrected chi connectivity index (χ2v) is 7.50. The molecule has 164 valence electrons. The molecule has 0 saturated carbocycles. The standard InChI is InChI=1S/C24H28N2O5/c1-3-30-24(29)31-21-10-8-20(9-11-21)23(28)26-13-5-12-25(14-15-26)22(27)17-19-7-4-6-18(2)16-19/h4,6-11,16H,3,5,12-15,17H2,1-2H3. The molecule has 2 amide bonds. The molecular weight excluding hydrogens is 396 g/mol. The molecule has 0 aromatic heterocycles. The van der Waals surface area contributed by atoms with Crippen LogP contribution in [0.5, 0.6) is 5.75 Å². The Bertz CT molecular complexity index is 926. The van der Waals surface area contributed by atoms with Crippen LogP contribution in [0, 0.1) is 6.92 Å². The molecule has 7 heteroatoms. The zero-order chi connectivity index (χ0) is 22.2. The third-order valence-electron chi connectivity index (χ3n) is 5.14. The van der Waals surface area contributed by atoms with Crippen molar-refractivity contribution in [1.29, 1.82) is 0 Å². The summed E-state index contributed by atoms with van der Waals surface area (Å²) in [5.74, 6) is 0.301. The third-order valence-corrected chi connectivity index (χ3v) is 5.14. The lowest BCUT2D eigenvalue weighted by molar-refractivity contribution is -0.130. The van der Waals surface area contributed by atoms with Gasteiger partial charge in [0.1, 0.15) is 5.75 Å². The lowest BCUT2D eigenvalue weighted by Crippen LogP contribution is -2.38. The average Bonchev–Trinajstić information content (AvgIpc) is 3.00. The van der Waals surface area contributed by atoms with Crippen LogP contribution >= 0.6 is 0 Å². The van der Waals surface area contributed by atoms with Crippen molar-refractivity contribution in [3.8, 4) is 5.75 Å². The van der Waals surface area contributed by atoms with Crippen molar-refractivity contribution in [2.45, 2.75) is 26.7 Å². The minimum absolute atomic E-state index is 0.0837. The predicted octanol–water partition coefficient (Wildman–Crippen LogP) is 3.45. The number of hydrogen-bond donors (Lipinski definition) is 0. The van der Waals surface area contributed by atoms with E-state index in [9.17, 15) is 14.4 Å². The van der Waals surface area contributed by atoms with Gasteiger partial charge >= 0.3 is 6.16 Å². The summed E-state index contributed by atoms with van der Waals surface area (Å²) in [6, 6.07) is 14.4. The zero-order valence-electron chi connectivity index (χ0n) is 18.0. The summed E-state index contributed by atoms with van der Waals surface area (Å²) in [4.78, 5) is 40.6. The molecule has 2 aromatic carbocycles. The Labute approximate surface area is 182 Å². The van der Waals surface area contributed by atoms with Gasteiger partial charge in [-0.15, -0.1) is 0 Å². The molecule has 3 rings (SSSR count). The van der Waals surface area contributed by atoms with Gasteiger partial charge in [0, 0.05) is 31.7 Å². The molecule has 0 bridgehead atoms. The van der Waals surface area contributed by atoms with Crippen molar-refractivity contribution >= 4 is 18.0 Å². The first-order chi connectivity index (χ1) is 15.0. The highest BCUT2D eigenvalue weighted by Gasteiger charge is 2.23. The highest BCUT2D eigenvalue weighted by Crippen LogP contribution is 2.16. The Morgan fingerprint density at radius 3 is 2.35 bits per heavy atom. The van der Waals surface area contributed by atoms with Crippen molar-refractivity contribution in [3.63, 3.8) is 0 Å². The minimum atomic E-state index is -0.774. The summed E-state index contributed by atoms with van der Waals surface area (Å²) < 4.78 is 9.76. The van der Waals surface area contributed by atoms with Crippen molar-refractivity contribution in [2.75, 3.05) is 32.8 Å². The first kappa shape index (κ1) is 22.3. The van der Waals surface area contributed by atoms with E-state index < -0.39 is 6.16 Å². The molecule has 1 aliphatic heterocycles. The van der Waals surface area contributed by atoms with E-state index in [1.165, 1.54) is 0 Å². The second-order valence-electron chi connectivity index (χ2n) is 7.50. The van der Waals surface area contributed by atoms with Gasteiger partial charge in [0.15, 0.2) is 0 Å². The minimum Gasteiger partial charge on any atom is -0.434 e. The van der Waals surface area contributed by atoms with E-state index >= 15 is 0 Å². The highest BCUT2D eigenvalue weighted by molar-refractivity contribution is 5.94. The summed E-state index contributed by atoms with van der Waals surface area (Å²) in [6.07, 6.45) is 0.330. The molecule has 0 unspecified atom stereocenters. The smallest absolute Gasteiger partial charge is 0.434 e. The number of carbonyl (C=O) groups excluding carboxylic acids is 3. The fourth-order valence-corrected chi connectivity index (χ4v) is 3.57. The molecule has 2 aromatic rings. The van der Waals surface area contributed by atoms with Gasteiger partial charge in [-0.1, -0.05) is 29.8 Å². The summed E-state index contributed by atoms with van der Waals surface area (Å²) >= 11 is 0. The molecule has 0 radical (unpaired) electrons. The van der Waals surface area contributed by atoms with Crippen molar-refractivity contribution < 1.29 is 23.9 Å². The normalized spacial score (nSPS) is 14.0. The summed E-state index contributed by atoms with van der Waals surface area (Å²) in [6.45, 7) is 6.17. The van der Waals surface area contributed by atoms with E-state index in [0.717, 1.165) is 17.5 Å². The fraction of sp³-hybridized carbons (Fsp3) is 0.375. The molecule has 0 aliphatic carbocycles. The van der Waals surface area contributed by atoms with Gasteiger partial charge in [0.05, 0.1) is 13.0 Å². The van der Waals surface area contributed by atoms with E-state index in [1.54, 1.807) is 36.1 Å². The number of rotatable bonds is 5. The maximum absolute atomic E-state index is 12.9. The molecule has 1 saturated heterocycles. The largest absolute Gasteiger partial charge is 0.513 e. The maximum Gasteiger partial charge on any atom is 0.513 e. The van der Waals surface area contributed by atoms with Crippen LogP contribution in [0.2, 0.25) is 0 Å². The van der Waals surface area contributed by atoms with Crippen LogP contribution in [0.1, 0.15) is 34.8 Å².